The number of alkyl halides is 2. The molecule has 2 heterocycles. The third-order valence-electron chi connectivity index (χ3n) is 10.7. The molecule has 2 aromatic heterocycles. The van der Waals surface area contributed by atoms with Crippen LogP contribution in [0.15, 0.2) is 72.8 Å². The quantitative estimate of drug-likeness (QED) is 0.135. The molecule has 2 atom stereocenters. The monoisotopic (exact) mass is 704 g/mol. The maximum absolute atomic E-state index is 13.1. The second kappa shape index (κ2) is 17.2. The second-order valence-electron chi connectivity index (χ2n) is 14.1. The molecule has 0 spiro atoms. The van der Waals surface area contributed by atoms with Gasteiger partial charge in [0.2, 0.25) is 0 Å². The molecule has 0 bridgehead atoms. The summed E-state index contributed by atoms with van der Waals surface area (Å²) in [5.74, 6) is 2.18. The molecule has 50 heavy (non-hydrogen) atoms. The molecule has 2 fully saturated rings. The van der Waals surface area contributed by atoms with Crippen LogP contribution in [0.3, 0.4) is 0 Å². The summed E-state index contributed by atoms with van der Waals surface area (Å²) in [6.07, 6.45) is 11.2. The molecule has 4 aromatic rings. The lowest BCUT2D eigenvalue weighted by Crippen LogP contribution is -2.27. The van der Waals surface area contributed by atoms with Gasteiger partial charge in [-0.2, -0.15) is 30.9 Å². The lowest BCUT2D eigenvalue weighted by atomic mass is 9.75. The van der Waals surface area contributed by atoms with Gasteiger partial charge in [-0.1, -0.05) is 24.3 Å². The maximum Gasteiger partial charge on any atom is 0.133 e. The molecule has 2 unspecified atom stereocenters. The Morgan fingerprint density at radius 3 is 1.28 bits per heavy atom. The molecular weight excluding hydrogens is 663 g/mol. The number of hydrogen-bond donors (Lipinski definition) is 0. The van der Waals surface area contributed by atoms with Gasteiger partial charge < -0.3 is 0 Å². The van der Waals surface area contributed by atoms with Gasteiger partial charge in [-0.3, -0.25) is 4.79 Å². The van der Waals surface area contributed by atoms with Gasteiger partial charge in [0, 0.05) is 47.6 Å². The molecule has 0 amide bonds. The first-order valence-electron chi connectivity index (χ1n) is 17.8. The smallest absolute Gasteiger partial charge is 0.133 e. The fourth-order valence-corrected chi connectivity index (χ4v) is 8.46. The van der Waals surface area contributed by atoms with E-state index in [-0.39, 0.29) is 10.8 Å². The SMILES string of the molecule is N#Cc1ccc(-c2ccc(CC(Cl)C3CCC(CC(=O)CC4CCC(C(Cl)Cc5ccc(-c6ccc(C#N)cc6)nn5)CC4)CC3)nn2)cc1. The molecule has 0 aliphatic heterocycles. The highest BCUT2D eigenvalue weighted by atomic mass is 35.5. The van der Waals surface area contributed by atoms with E-state index >= 15 is 0 Å². The third-order valence-corrected chi connectivity index (χ3v) is 11.7. The number of nitriles is 2. The molecule has 2 aliphatic rings. The summed E-state index contributed by atoms with van der Waals surface area (Å²) >= 11 is 13.8. The van der Waals surface area contributed by atoms with E-state index in [1.54, 1.807) is 24.3 Å². The molecule has 2 aromatic carbocycles. The van der Waals surface area contributed by atoms with Crippen LogP contribution >= 0.6 is 23.2 Å². The Morgan fingerprint density at radius 2 is 0.960 bits per heavy atom. The number of Topliss-reactive ketones (excluding diaryl/α,β-unsaturated/α-hetero) is 1. The van der Waals surface area contributed by atoms with Crippen LogP contribution in [0.1, 0.15) is 86.7 Å². The molecule has 0 radical (unpaired) electrons. The maximum atomic E-state index is 13.1. The summed E-state index contributed by atoms with van der Waals surface area (Å²) in [5.41, 5.74) is 6.44. The van der Waals surface area contributed by atoms with E-state index in [4.69, 9.17) is 33.7 Å². The van der Waals surface area contributed by atoms with Gasteiger partial charge in [0.15, 0.2) is 0 Å². The van der Waals surface area contributed by atoms with E-state index in [9.17, 15) is 4.79 Å². The number of carbonyl (C=O) groups excluding carboxylic acids is 1. The van der Waals surface area contributed by atoms with E-state index < -0.39 is 0 Å². The average molecular weight is 706 g/mol. The molecule has 256 valence electrons. The van der Waals surface area contributed by atoms with Crippen LogP contribution in [0.2, 0.25) is 0 Å². The summed E-state index contributed by atoms with van der Waals surface area (Å²) in [6, 6.07) is 26.9. The molecule has 0 saturated heterocycles. The Balaban J connectivity index is 0.873. The first-order chi connectivity index (χ1) is 24.4. The lowest BCUT2D eigenvalue weighted by Gasteiger charge is -2.32. The highest BCUT2D eigenvalue weighted by Gasteiger charge is 2.31. The Morgan fingerprint density at radius 1 is 0.580 bits per heavy atom. The fourth-order valence-electron chi connectivity index (χ4n) is 7.64. The zero-order valence-corrected chi connectivity index (χ0v) is 29.7. The van der Waals surface area contributed by atoms with Crippen molar-refractivity contribution in [3.8, 4) is 34.7 Å². The zero-order valence-electron chi connectivity index (χ0n) is 28.2. The summed E-state index contributed by atoms with van der Waals surface area (Å²) in [4.78, 5) is 13.1. The predicted molar refractivity (Wildman–Crippen MR) is 196 cm³/mol. The number of hydrogen-bond acceptors (Lipinski definition) is 7. The normalized spacial score (nSPS) is 21.8. The van der Waals surface area contributed by atoms with Gasteiger partial charge in [-0.05, 0) is 124 Å². The van der Waals surface area contributed by atoms with Crippen molar-refractivity contribution >= 4 is 29.0 Å². The zero-order chi connectivity index (χ0) is 34.9. The predicted octanol–water partition coefficient (Wildman–Crippen LogP) is 9.31. The van der Waals surface area contributed by atoms with Crippen LogP contribution in [0, 0.1) is 46.3 Å². The van der Waals surface area contributed by atoms with Crippen LogP contribution in [0.25, 0.3) is 22.5 Å². The van der Waals surface area contributed by atoms with Crippen molar-refractivity contribution in [3.05, 3.63) is 95.3 Å². The van der Waals surface area contributed by atoms with E-state index in [2.05, 4.69) is 32.5 Å². The fraction of sp³-hybridized carbons (Fsp3) is 0.439. The number of aromatic nitrogens is 4. The Kier molecular flexibility index (Phi) is 12.2. The number of rotatable bonds is 12. The minimum absolute atomic E-state index is 0.00275. The molecule has 9 heteroatoms. The highest BCUT2D eigenvalue weighted by Crippen LogP contribution is 2.38. The Hall–Kier alpha value is -4.17. The van der Waals surface area contributed by atoms with Gasteiger partial charge in [0.1, 0.15) is 5.78 Å². The van der Waals surface area contributed by atoms with Crippen LogP contribution in [0.4, 0.5) is 0 Å². The van der Waals surface area contributed by atoms with E-state index in [1.165, 1.54) is 0 Å². The second-order valence-corrected chi connectivity index (χ2v) is 15.3. The number of carbonyl (C=O) groups is 1. The van der Waals surface area contributed by atoms with Crippen LogP contribution < -0.4 is 0 Å². The molecule has 0 N–H and O–H groups in total. The average Bonchev–Trinajstić information content (AvgIpc) is 3.16. The van der Waals surface area contributed by atoms with E-state index in [1.807, 2.05) is 48.5 Å². The van der Waals surface area contributed by atoms with Gasteiger partial charge in [-0.25, -0.2) is 0 Å². The molecule has 2 aliphatic carbocycles. The minimum Gasteiger partial charge on any atom is -0.300 e. The number of halogens is 2. The Labute approximate surface area is 305 Å². The van der Waals surface area contributed by atoms with Gasteiger partial charge in [0.05, 0.1) is 46.0 Å². The van der Waals surface area contributed by atoms with Gasteiger partial charge >= 0.3 is 0 Å². The standard InChI is InChI=1S/C41H42Cl2N6O/c42-38(23-35-17-19-40(48-46-35)33-13-5-29(25-44)6-14-33)31-9-1-27(2-10-31)21-37(50)22-28-3-11-32(12-4-28)39(43)24-36-18-20-41(49-47-36)34-15-7-30(26-45)8-16-34/h5-8,13-20,27-28,31-32,38-39H,1-4,9-12,21-24H2. The topological polar surface area (TPSA) is 116 Å². The minimum atomic E-state index is 0.00275. The van der Waals surface area contributed by atoms with E-state index in [0.717, 1.165) is 85.3 Å². The first-order valence-corrected chi connectivity index (χ1v) is 18.7. The molecule has 7 nitrogen and oxygen atoms in total. The summed E-state index contributed by atoms with van der Waals surface area (Å²) in [7, 11) is 0. The summed E-state index contributed by atoms with van der Waals surface area (Å²) < 4.78 is 0. The van der Waals surface area contributed by atoms with Crippen LogP contribution in [-0.4, -0.2) is 36.9 Å². The third kappa shape index (κ3) is 9.53. The summed E-state index contributed by atoms with van der Waals surface area (Å²) in [5, 5.41) is 35.7. The summed E-state index contributed by atoms with van der Waals surface area (Å²) in [6.45, 7) is 0. The molecular formula is C41H42Cl2N6O. The van der Waals surface area contributed by atoms with Crippen molar-refractivity contribution in [2.75, 3.05) is 0 Å². The lowest BCUT2D eigenvalue weighted by molar-refractivity contribution is -0.121. The Bertz CT molecular complexity index is 1650. The first kappa shape index (κ1) is 35.6. The largest absolute Gasteiger partial charge is 0.300 e. The van der Waals surface area contributed by atoms with Crippen molar-refractivity contribution in [2.45, 2.75) is 87.8 Å². The number of ketones is 1. The van der Waals surface area contributed by atoms with Crippen molar-refractivity contribution in [1.82, 2.24) is 20.4 Å². The van der Waals surface area contributed by atoms with Crippen molar-refractivity contribution < 1.29 is 4.79 Å². The van der Waals surface area contributed by atoms with Crippen molar-refractivity contribution in [1.29, 1.82) is 10.5 Å². The van der Waals surface area contributed by atoms with Crippen LogP contribution in [0.5, 0.6) is 0 Å². The van der Waals surface area contributed by atoms with Crippen molar-refractivity contribution in [2.24, 2.45) is 23.7 Å². The molecule has 6 rings (SSSR count). The number of nitrogens with zero attached hydrogens (tertiary/aromatic N) is 6. The van der Waals surface area contributed by atoms with Crippen molar-refractivity contribution in [3.63, 3.8) is 0 Å². The molecule has 2 saturated carbocycles. The van der Waals surface area contributed by atoms with E-state index in [0.29, 0.717) is 66.3 Å². The van der Waals surface area contributed by atoms with Gasteiger partial charge in [0.25, 0.3) is 0 Å². The van der Waals surface area contributed by atoms with Crippen LogP contribution in [-0.2, 0) is 17.6 Å². The van der Waals surface area contributed by atoms with Gasteiger partial charge in [-0.15, -0.1) is 23.2 Å². The highest BCUT2D eigenvalue weighted by molar-refractivity contribution is 6.21. The number of benzene rings is 2.